The van der Waals surface area contributed by atoms with Crippen LogP contribution in [0, 0.1) is 6.92 Å². The standard InChI is InChI=1S/C13H19N2O9P/c1-7-12(18)9(8(4-14-7)6-24-25(21,22)23)5-15-10(13(19)20)2-3-11(16)17/h4,10,15,18H,2-3,5-6H2,1H3,(H,16,17)(H,19,20)(H2,21,22,23)/p+1. The number of phosphoric ester groups is 1. The first-order valence-electron chi connectivity index (χ1n) is 7.11. The first-order valence-corrected chi connectivity index (χ1v) is 8.64. The number of pyridine rings is 1. The molecule has 1 unspecified atom stereocenters. The topological polar surface area (TPSA) is 188 Å². The van der Waals surface area contributed by atoms with E-state index >= 15 is 0 Å². The van der Waals surface area contributed by atoms with Gasteiger partial charge in [-0.25, -0.2) is 9.55 Å². The lowest BCUT2D eigenvalue weighted by Gasteiger charge is -2.16. The monoisotopic (exact) mass is 379 g/mol. The molecule has 0 saturated carbocycles. The zero-order valence-corrected chi connectivity index (χ0v) is 14.2. The molecule has 0 aliphatic rings. The lowest BCUT2D eigenvalue weighted by atomic mass is 10.1. The number of rotatable bonds is 10. The van der Waals surface area contributed by atoms with Gasteiger partial charge in [0.2, 0.25) is 5.69 Å². The number of carboxylic acids is 2. The summed E-state index contributed by atoms with van der Waals surface area (Å²) >= 11 is 0. The van der Waals surface area contributed by atoms with Crippen molar-refractivity contribution in [2.24, 2.45) is 0 Å². The van der Waals surface area contributed by atoms with Gasteiger partial charge >= 0.3 is 19.8 Å². The number of phosphoric acid groups is 1. The predicted molar refractivity (Wildman–Crippen MR) is 81.4 cm³/mol. The fourth-order valence-corrected chi connectivity index (χ4v) is 2.32. The summed E-state index contributed by atoms with van der Waals surface area (Å²) in [6.45, 7) is 0.863. The summed E-state index contributed by atoms with van der Waals surface area (Å²) in [5.74, 6) is -2.62. The van der Waals surface area contributed by atoms with Gasteiger partial charge in [0, 0.05) is 25.5 Å². The van der Waals surface area contributed by atoms with Gasteiger partial charge in [0.05, 0.1) is 12.2 Å². The molecule has 0 aromatic carbocycles. The van der Waals surface area contributed by atoms with Crippen molar-refractivity contribution >= 4 is 19.8 Å². The Hall–Kier alpha value is -2.04. The molecule has 25 heavy (non-hydrogen) atoms. The number of aromatic hydroxyl groups is 1. The average Bonchev–Trinajstić information content (AvgIpc) is 2.48. The predicted octanol–water partition coefficient (Wildman–Crippen LogP) is -0.468. The van der Waals surface area contributed by atoms with E-state index < -0.39 is 32.4 Å². The molecule has 11 nitrogen and oxygen atoms in total. The van der Waals surface area contributed by atoms with Gasteiger partial charge < -0.3 is 30.4 Å². The Kier molecular flexibility index (Phi) is 7.46. The maximum atomic E-state index is 11.2. The van der Waals surface area contributed by atoms with E-state index in [2.05, 4.69) is 14.8 Å². The Labute approximate surface area is 142 Å². The first kappa shape index (κ1) is 21.0. The quantitative estimate of drug-likeness (QED) is 0.290. The Balaban J connectivity index is 2.94. The summed E-state index contributed by atoms with van der Waals surface area (Å²) in [4.78, 5) is 42.0. The number of aromatic nitrogens is 1. The number of hydrogen-bond acceptors (Lipinski definition) is 6. The molecule has 7 N–H and O–H groups in total. The van der Waals surface area contributed by atoms with E-state index in [9.17, 15) is 19.3 Å². The molecular weight excluding hydrogens is 359 g/mol. The van der Waals surface area contributed by atoms with Crippen LogP contribution < -0.4 is 10.3 Å². The van der Waals surface area contributed by atoms with Crippen molar-refractivity contribution in [2.75, 3.05) is 0 Å². The van der Waals surface area contributed by atoms with E-state index in [1.807, 2.05) is 0 Å². The number of aromatic amines is 1. The van der Waals surface area contributed by atoms with Crippen LogP contribution >= 0.6 is 7.82 Å². The summed E-state index contributed by atoms with van der Waals surface area (Å²) in [6.07, 6.45) is 0.845. The summed E-state index contributed by atoms with van der Waals surface area (Å²) < 4.78 is 15.2. The molecule has 0 bridgehead atoms. The first-order chi connectivity index (χ1) is 11.5. The van der Waals surface area contributed by atoms with Crippen molar-refractivity contribution in [1.29, 1.82) is 0 Å². The minimum Gasteiger partial charge on any atom is -0.502 e. The van der Waals surface area contributed by atoms with Gasteiger partial charge in [0.1, 0.15) is 6.04 Å². The van der Waals surface area contributed by atoms with Crippen molar-refractivity contribution in [2.45, 2.75) is 39.0 Å². The molecule has 0 saturated heterocycles. The van der Waals surface area contributed by atoms with Crippen LogP contribution in [0.15, 0.2) is 6.20 Å². The third kappa shape index (κ3) is 7.16. The van der Waals surface area contributed by atoms with Crippen LogP contribution in [0.1, 0.15) is 29.7 Å². The highest BCUT2D eigenvalue weighted by Crippen LogP contribution is 2.37. The second-order valence-corrected chi connectivity index (χ2v) is 6.47. The molecule has 0 spiro atoms. The minimum absolute atomic E-state index is 0.169. The summed E-state index contributed by atoms with van der Waals surface area (Å²) in [5, 5.41) is 30.5. The molecule has 1 aromatic rings. The second-order valence-electron chi connectivity index (χ2n) is 5.23. The number of carbonyl (C=O) groups is 2. The van der Waals surface area contributed by atoms with E-state index in [0.29, 0.717) is 5.69 Å². The second kappa shape index (κ2) is 8.88. The molecule has 0 fully saturated rings. The smallest absolute Gasteiger partial charge is 0.469 e. The molecule has 1 aromatic heterocycles. The molecular formula is C13H20N2O9P+. The molecule has 1 rings (SSSR count). The molecule has 0 amide bonds. The van der Waals surface area contributed by atoms with Gasteiger partial charge in [0.25, 0.3) is 0 Å². The SMILES string of the molecule is Cc1[nH+]cc(COP(=O)(O)O)c(CNC(CCC(=O)O)C(=O)O)c1O. The van der Waals surface area contributed by atoms with Gasteiger partial charge in [-0.05, 0) is 6.42 Å². The molecule has 140 valence electrons. The van der Waals surface area contributed by atoms with Crippen LogP contribution in [-0.2, 0) is 31.8 Å². The van der Waals surface area contributed by atoms with Gasteiger partial charge in [-0.1, -0.05) is 0 Å². The summed E-state index contributed by atoms with van der Waals surface area (Å²) in [6, 6.07) is -1.17. The summed E-state index contributed by atoms with van der Waals surface area (Å²) in [5.41, 5.74) is 0.752. The van der Waals surface area contributed by atoms with Crippen LogP contribution in [0.4, 0.5) is 0 Å². The van der Waals surface area contributed by atoms with Crippen molar-refractivity contribution in [3.05, 3.63) is 23.0 Å². The molecule has 12 heteroatoms. The minimum atomic E-state index is -4.73. The van der Waals surface area contributed by atoms with E-state index in [-0.39, 0.29) is 36.3 Å². The number of carboxylic acid groups (broad SMARTS) is 2. The van der Waals surface area contributed by atoms with Crippen LogP contribution in [-0.4, -0.2) is 43.1 Å². The van der Waals surface area contributed by atoms with Crippen LogP contribution in [0.25, 0.3) is 0 Å². The van der Waals surface area contributed by atoms with E-state index in [1.54, 1.807) is 6.92 Å². The van der Waals surface area contributed by atoms with Crippen molar-refractivity contribution in [1.82, 2.24) is 5.32 Å². The van der Waals surface area contributed by atoms with E-state index in [1.165, 1.54) is 6.20 Å². The van der Waals surface area contributed by atoms with E-state index in [4.69, 9.17) is 20.0 Å². The fraction of sp³-hybridized carbons (Fsp3) is 0.462. The highest BCUT2D eigenvalue weighted by atomic mass is 31.2. The van der Waals surface area contributed by atoms with Gasteiger partial charge in [-0.3, -0.25) is 14.1 Å². The maximum Gasteiger partial charge on any atom is 0.469 e. The number of nitrogens with one attached hydrogen (secondary N) is 2. The maximum absolute atomic E-state index is 11.2. The Bertz CT molecular complexity index is 688. The number of hydrogen-bond donors (Lipinski definition) is 6. The highest BCUT2D eigenvalue weighted by molar-refractivity contribution is 7.46. The zero-order chi connectivity index (χ0) is 19.2. The third-order valence-electron chi connectivity index (χ3n) is 3.35. The highest BCUT2D eigenvalue weighted by Gasteiger charge is 2.23. The summed E-state index contributed by atoms with van der Waals surface area (Å²) in [7, 11) is -4.73. The van der Waals surface area contributed by atoms with Crippen LogP contribution in [0.5, 0.6) is 5.75 Å². The largest absolute Gasteiger partial charge is 0.502 e. The molecule has 1 heterocycles. The third-order valence-corrected chi connectivity index (χ3v) is 3.82. The molecule has 1 atom stereocenters. The Morgan fingerprint density at radius 3 is 2.52 bits per heavy atom. The van der Waals surface area contributed by atoms with Gasteiger partial charge in [-0.15, -0.1) is 0 Å². The van der Waals surface area contributed by atoms with Crippen molar-refractivity contribution < 1.29 is 48.8 Å². The molecule has 0 radical (unpaired) electrons. The molecule has 0 aliphatic heterocycles. The van der Waals surface area contributed by atoms with Gasteiger partial charge in [0.15, 0.2) is 11.9 Å². The van der Waals surface area contributed by atoms with Gasteiger partial charge in [-0.2, -0.15) is 0 Å². The number of aliphatic carboxylic acids is 2. The Morgan fingerprint density at radius 2 is 2.00 bits per heavy atom. The normalized spacial score (nSPS) is 12.8. The van der Waals surface area contributed by atoms with E-state index in [0.717, 1.165) is 0 Å². The lowest BCUT2D eigenvalue weighted by molar-refractivity contribution is -0.389. The van der Waals surface area contributed by atoms with Crippen LogP contribution in [0.3, 0.4) is 0 Å². The van der Waals surface area contributed by atoms with Crippen molar-refractivity contribution in [3.63, 3.8) is 0 Å². The Morgan fingerprint density at radius 1 is 1.36 bits per heavy atom. The number of H-pyrrole nitrogens is 1. The average molecular weight is 379 g/mol. The number of aryl methyl sites for hydroxylation is 1. The van der Waals surface area contributed by atoms with Crippen molar-refractivity contribution in [3.8, 4) is 5.75 Å². The molecule has 0 aliphatic carbocycles. The van der Waals surface area contributed by atoms with Crippen LogP contribution in [0.2, 0.25) is 0 Å². The fourth-order valence-electron chi connectivity index (χ4n) is 2.01. The zero-order valence-electron chi connectivity index (χ0n) is 13.3. The lowest BCUT2D eigenvalue weighted by Crippen LogP contribution is -2.37.